The van der Waals surface area contributed by atoms with E-state index in [0.717, 1.165) is 31.4 Å². The number of fused-ring (bicyclic) bond motifs is 1. The number of pyridine rings is 1. The fraction of sp³-hybridized carbons (Fsp3) is 0.0870. The van der Waals surface area contributed by atoms with Gasteiger partial charge in [0.05, 0.1) is 23.2 Å². The number of amides is 1. The molecule has 0 spiro atoms. The molecule has 5 aromatic rings. The van der Waals surface area contributed by atoms with Crippen molar-refractivity contribution in [1.82, 2.24) is 19.6 Å². The van der Waals surface area contributed by atoms with Gasteiger partial charge in [0.1, 0.15) is 16.2 Å². The Morgan fingerprint density at radius 2 is 1.91 bits per heavy atom. The molecule has 158 valence electrons. The molecule has 1 aromatic carbocycles. The topological polar surface area (TPSA) is 89.8 Å². The van der Waals surface area contributed by atoms with Crippen molar-refractivity contribution in [2.45, 2.75) is 13.3 Å². The lowest BCUT2D eigenvalue weighted by molar-refractivity contribution is -0.116. The molecule has 1 amide bonds. The zero-order valence-electron chi connectivity index (χ0n) is 17.0. The molecule has 0 unspecified atom stereocenters. The van der Waals surface area contributed by atoms with Crippen molar-refractivity contribution in [3.63, 3.8) is 0 Å². The minimum absolute atomic E-state index is 0.0437. The first kappa shape index (κ1) is 20.2. The van der Waals surface area contributed by atoms with Crippen LogP contribution in [0.15, 0.2) is 71.2 Å². The molecule has 0 saturated carbocycles. The van der Waals surface area contributed by atoms with Gasteiger partial charge in [0.15, 0.2) is 0 Å². The van der Waals surface area contributed by atoms with Gasteiger partial charge >= 0.3 is 0 Å². The Kier molecular flexibility index (Phi) is 5.34. The monoisotopic (exact) mass is 459 g/mol. The van der Waals surface area contributed by atoms with E-state index in [1.807, 2.05) is 60.8 Å². The fourth-order valence-electron chi connectivity index (χ4n) is 3.47. The van der Waals surface area contributed by atoms with E-state index in [0.29, 0.717) is 15.9 Å². The van der Waals surface area contributed by atoms with Gasteiger partial charge in [-0.3, -0.25) is 20.0 Å². The van der Waals surface area contributed by atoms with Gasteiger partial charge in [-0.25, -0.2) is 14.6 Å². The van der Waals surface area contributed by atoms with Crippen molar-refractivity contribution in [1.29, 1.82) is 0 Å². The Bertz CT molecular complexity index is 1470. The van der Waals surface area contributed by atoms with Crippen LogP contribution in [0.1, 0.15) is 10.6 Å². The first-order valence-electron chi connectivity index (χ1n) is 9.82. The van der Waals surface area contributed by atoms with Gasteiger partial charge in [0, 0.05) is 22.0 Å². The SMILES string of the molecule is Cc1sc2ncn(NC(=O)Cc3csc(-c4ccccn4)n3)c(=O)c2c1-c1ccccc1. The molecule has 32 heavy (non-hydrogen) atoms. The van der Waals surface area contributed by atoms with Crippen LogP contribution in [0.5, 0.6) is 0 Å². The second kappa shape index (κ2) is 8.45. The second-order valence-corrected chi connectivity index (χ2v) is 9.13. The quantitative estimate of drug-likeness (QED) is 0.424. The average Bonchev–Trinajstić information content (AvgIpc) is 3.41. The van der Waals surface area contributed by atoms with E-state index >= 15 is 0 Å². The highest BCUT2D eigenvalue weighted by molar-refractivity contribution is 7.19. The molecule has 0 aliphatic heterocycles. The maximum Gasteiger partial charge on any atom is 0.281 e. The summed E-state index contributed by atoms with van der Waals surface area (Å²) in [6.07, 6.45) is 3.10. The smallest absolute Gasteiger partial charge is 0.273 e. The number of thiophene rings is 1. The molecule has 4 aromatic heterocycles. The van der Waals surface area contributed by atoms with E-state index in [1.54, 1.807) is 6.20 Å². The number of aryl methyl sites for hydroxylation is 1. The maximum atomic E-state index is 13.2. The third-order valence-corrected chi connectivity index (χ3v) is 6.80. The van der Waals surface area contributed by atoms with E-state index in [4.69, 9.17) is 0 Å². The molecule has 9 heteroatoms. The summed E-state index contributed by atoms with van der Waals surface area (Å²) in [4.78, 5) is 40.7. The molecule has 0 fully saturated rings. The van der Waals surface area contributed by atoms with Crippen LogP contribution in [0, 0.1) is 6.92 Å². The third-order valence-electron chi connectivity index (χ3n) is 4.87. The van der Waals surface area contributed by atoms with Gasteiger partial charge in [-0.2, -0.15) is 0 Å². The van der Waals surface area contributed by atoms with E-state index in [-0.39, 0.29) is 17.9 Å². The lowest BCUT2D eigenvalue weighted by atomic mass is 10.0. The Morgan fingerprint density at radius 1 is 1.09 bits per heavy atom. The summed E-state index contributed by atoms with van der Waals surface area (Å²) in [6, 6.07) is 15.3. The molecule has 7 nitrogen and oxygen atoms in total. The summed E-state index contributed by atoms with van der Waals surface area (Å²) in [5, 5.41) is 3.08. The zero-order chi connectivity index (χ0) is 22.1. The third kappa shape index (κ3) is 3.83. The molecule has 0 saturated heterocycles. The van der Waals surface area contributed by atoms with Crippen LogP contribution in [-0.4, -0.2) is 25.5 Å². The summed E-state index contributed by atoms with van der Waals surface area (Å²) >= 11 is 2.89. The van der Waals surface area contributed by atoms with Crippen LogP contribution in [0.25, 0.3) is 32.0 Å². The van der Waals surface area contributed by atoms with Crippen molar-refractivity contribution in [3.8, 4) is 21.8 Å². The van der Waals surface area contributed by atoms with Crippen LogP contribution in [-0.2, 0) is 11.2 Å². The summed E-state index contributed by atoms with van der Waals surface area (Å²) in [5.74, 6) is -0.348. The standard InChI is InChI=1S/C23H17N5O2S2/c1-14-19(15-7-3-2-4-8-15)20-22(32-14)25-13-28(23(20)30)27-18(29)11-16-12-31-21(26-16)17-9-5-6-10-24-17/h2-10,12-13H,11H2,1H3,(H,27,29). The number of hydrogen-bond donors (Lipinski definition) is 1. The van der Waals surface area contributed by atoms with Crippen molar-refractivity contribution in [3.05, 3.63) is 87.4 Å². The number of hydrogen-bond acceptors (Lipinski definition) is 7. The molecule has 0 radical (unpaired) electrons. The molecular weight excluding hydrogens is 442 g/mol. The van der Waals surface area contributed by atoms with E-state index < -0.39 is 0 Å². The first-order chi connectivity index (χ1) is 15.6. The van der Waals surface area contributed by atoms with Crippen LogP contribution < -0.4 is 11.0 Å². The molecule has 5 rings (SSSR count). The Hall–Kier alpha value is -3.69. The molecular formula is C23H17N5O2S2. The maximum absolute atomic E-state index is 13.2. The highest BCUT2D eigenvalue weighted by atomic mass is 32.1. The Balaban J connectivity index is 1.41. The predicted molar refractivity (Wildman–Crippen MR) is 127 cm³/mol. The number of benzene rings is 1. The predicted octanol–water partition coefficient (Wildman–Crippen LogP) is 4.26. The van der Waals surface area contributed by atoms with Crippen molar-refractivity contribution < 1.29 is 4.79 Å². The van der Waals surface area contributed by atoms with E-state index in [1.165, 1.54) is 29.0 Å². The lowest BCUT2D eigenvalue weighted by Crippen LogP contribution is -2.34. The van der Waals surface area contributed by atoms with Crippen molar-refractivity contribution in [2.75, 3.05) is 5.43 Å². The van der Waals surface area contributed by atoms with Gasteiger partial charge in [-0.1, -0.05) is 36.4 Å². The molecule has 4 heterocycles. The number of aromatic nitrogens is 4. The summed E-state index contributed by atoms with van der Waals surface area (Å²) in [7, 11) is 0. The van der Waals surface area contributed by atoms with Crippen LogP contribution in [0.3, 0.4) is 0 Å². The number of carbonyl (C=O) groups excluding carboxylic acids is 1. The molecule has 0 atom stereocenters. The van der Waals surface area contributed by atoms with Gasteiger partial charge < -0.3 is 0 Å². The lowest BCUT2D eigenvalue weighted by Gasteiger charge is -2.08. The minimum Gasteiger partial charge on any atom is -0.273 e. The normalized spacial score (nSPS) is 11.0. The number of carbonyl (C=O) groups is 1. The van der Waals surface area contributed by atoms with E-state index in [9.17, 15) is 9.59 Å². The average molecular weight is 460 g/mol. The number of thiazole rings is 1. The summed E-state index contributed by atoms with van der Waals surface area (Å²) < 4.78 is 1.15. The summed E-state index contributed by atoms with van der Waals surface area (Å²) in [5.41, 5.74) is 5.52. The fourth-order valence-corrected chi connectivity index (χ4v) is 5.27. The highest BCUT2D eigenvalue weighted by Gasteiger charge is 2.18. The minimum atomic E-state index is -0.348. The Labute approximate surface area is 191 Å². The van der Waals surface area contributed by atoms with Gasteiger partial charge in [-0.15, -0.1) is 22.7 Å². The Morgan fingerprint density at radius 3 is 2.69 bits per heavy atom. The number of nitrogens with zero attached hydrogens (tertiary/aromatic N) is 4. The van der Waals surface area contributed by atoms with Crippen molar-refractivity contribution in [2.24, 2.45) is 0 Å². The second-order valence-electron chi connectivity index (χ2n) is 7.07. The number of nitrogens with one attached hydrogen (secondary N) is 1. The summed E-state index contributed by atoms with van der Waals surface area (Å²) in [6.45, 7) is 1.97. The molecule has 1 N–H and O–H groups in total. The number of rotatable bonds is 5. The first-order valence-corrected chi connectivity index (χ1v) is 11.5. The zero-order valence-corrected chi connectivity index (χ0v) is 18.6. The molecule has 0 aliphatic rings. The highest BCUT2D eigenvalue weighted by Crippen LogP contribution is 2.35. The molecule has 0 bridgehead atoms. The van der Waals surface area contributed by atoms with Gasteiger partial charge in [-0.05, 0) is 24.6 Å². The van der Waals surface area contributed by atoms with E-state index in [2.05, 4.69) is 20.4 Å². The van der Waals surface area contributed by atoms with Gasteiger partial charge in [0.25, 0.3) is 5.56 Å². The largest absolute Gasteiger partial charge is 0.281 e. The van der Waals surface area contributed by atoms with Crippen LogP contribution >= 0.6 is 22.7 Å². The van der Waals surface area contributed by atoms with Crippen LogP contribution in [0.2, 0.25) is 0 Å². The van der Waals surface area contributed by atoms with Gasteiger partial charge in [0.2, 0.25) is 5.91 Å². The van der Waals surface area contributed by atoms with Crippen LogP contribution in [0.4, 0.5) is 0 Å². The van der Waals surface area contributed by atoms with Crippen molar-refractivity contribution >= 4 is 38.8 Å². The molecule has 0 aliphatic carbocycles.